The van der Waals surface area contributed by atoms with Gasteiger partial charge in [0.2, 0.25) is 0 Å². The van der Waals surface area contributed by atoms with Crippen molar-refractivity contribution in [3.63, 3.8) is 0 Å². The Bertz CT molecular complexity index is 657. The lowest BCUT2D eigenvalue weighted by atomic mass is 10.0. The molecular formula is C21H30N2O4. The first kappa shape index (κ1) is 19.5. The lowest BCUT2D eigenvalue weighted by Gasteiger charge is -2.27. The number of rotatable bonds is 3. The molecule has 2 fully saturated rings. The number of hydrogen-bond acceptors (Lipinski definition) is 4. The topological polar surface area (TPSA) is 59.1 Å². The van der Waals surface area contributed by atoms with E-state index in [-0.39, 0.29) is 24.8 Å². The highest BCUT2D eigenvalue weighted by atomic mass is 16.6. The normalized spacial score (nSPS) is 24.4. The molecule has 1 aliphatic heterocycles. The van der Waals surface area contributed by atoms with Crippen LogP contribution >= 0.6 is 0 Å². The van der Waals surface area contributed by atoms with Crippen LogP contribution in [-0.2, 0) is 16.1 Å². The fourth-order valence-corrected chi connectivity index (χ4v) is 4.03. The second kappa shape index (κ2) is 7.79. The predicted molar refractivity (Wildman–Crippen MR) is 102 cm³/mol. The van der Waals surface area contributed by atoms with Gasteiger partial charge in [0, 0.05) is 26.2 Å². The summed E-state index contributed by atoms with van der Waals surface area (Å²) in [5.74, 6) is 0.846. The summed E-state index contributed by atoms with van der Waals surface area (Å²) in [6.45, 7) is 7.36. The van der Waals surface area contributed by atoms with E-state index in [9.17, 15) is 9.59 Å². The molecule has 2 amide bonds. The van der Waals surface area contributed by atoms with Gasteiger partial charge >= 0.3 is 12.2 Å². The molecule has 0 radical (unpaired) electrons. The van der Waals surface area contributed by atoms with Gasteiger partial charge in [0.25, 0.3) is 0 Å². The first-order valence-electron chi connectivity index (χ1n) is 9.64. The molecule has 148 valence electrons. The summed E-state index contributed by atoms with van der Waals surface area (Å²) in [7, 11) is 1.81. The Morgan fingerprint density at radius 2 is 1.70 bits per heavy atom. The Labute approximate surface area is 161 Å². The minimum absolute atomic E-state index is 0.170. The zero-order valence-corrected chi connectivity index (χ0v) is 16.7. The van der Waals surface area contributed by atoms with Crippen LogP contribution in [0, 0.1) is 11.8 Å². The van der Waals surface area contributed by atoms with Crippen molar-refractivity contribution in [2.24, 2.45) is 11.8 Å². The summed E-state index contributed by atoms with van der Waals surface area (Å²) in [6.07, 6.45) is 1.29. The van der Waals surface area contributed by atoms with Crippen LogP contribution < -0.4 is 0 Å². The number of nitrogens with zero attached hydrogens (tertiary/aromatic N) is 2. The Balaban J connectivity index is 1.46. The van der Waals surface area contributed by atoms with Gasteiger partial charge in [-0.1, -0.05) is 30.3 Å². The molecule has 3 rings (SSSR count). The van der Waals surface area contributed by atoms with Gasteiger partial charge in [0.15, 0.2) is 0 Å². The highest BCUT2D eigenvalue weighted by Gasteiger charge is 2.45. The zero-order chi connectivity index (χ0) is 19.6. The molecule has 6 heteroatoms. The van der Waals surface area contributed by atoms with Crippen LogP contribution in [0.5, 0.6) is 0 Å². The SMILES string of the molecule is CN(C(=O)OCc1ccccc1)C1C[C@@H]2CN(C(=O)OC(C)(C)C)C[C@@H]2C1. The molecule has 0 bridgehead atoms. The minimum atomic E-state index is -0.472. The van der Waals surface area contributed by atoms with Gasteiger partial charge in [-0.15, -0.1) is 0 Å². The first-order chi connectivity index (χ1) is 12.7. The highest BCUT2D eigenvalue weighted by Crippen LogP contribution is 2.40. The monoisotopic (exact) mass is 374 g/mol. The summed E-state index contributed by atoms with van der Waals surface area (Å²) in [4.78, 5) is 28.2. The van der Waals surface area contributed by atoms with Crippen molar-refractivity contribution in [2.75, 3.05) is 20.1 Å². The Kier molecular flexibility index (Phi) is 5.63. The summed E-state index contributed by atoms with van der Waals surface area (Å²) in [5, 5.41) is 0. The molecular weight excluding hydrogens is 344 g/mol. The van der Waals surface area contributed by atoms with Gasteiger partial charge in [-0.05, 0) is 51.0 Å². The number of ether oxygens (including phenoxy) is 2. The number of amides is 2. The molecule has 2 aliphatic rings. The van der Waals surface area contributed by atoms with E-state index in [0.717, 1.165) is 18.4 Å². The van der Waals surface area contributed by atoms with E-state index in [1.54, 1.807) is 4.90 Å². The molecule has 1 aliphatic carbocycles. The Hall–Kier alpha value is -2.24. The Morgan fingerprint density at radius 3 is 2.26 bits per heavy atom. The van der Waals surface area contributed by atoms with Gasteiger partial charge in [0.05, 0.1) is 0 Å². The van der Waals surface area contributed by atoms with Crippen molar-refractivity contribution >= 4 is 12.2 Å². The minimum Gasteiger partial charge on any atom is -0.445 e. The van der Waals surface area contributed by atoms with E-state index >= 15 is 0 Å². The molecule has 1 aromatic rings. The summed E-state index contributed by atoms with van der Waals surface area (Å²) < 4.78 is 10.9. The van der Waals surface area contributed by atoms with Gasteiger partial charge < -0.3 is 19.3 Å². The molecule has 1 aromatic carbocycles. The molecule has 0 aromatic heterocycles. The predicted octanol–water partition coefficient (Wildman–Crippen LogP) is 3.90. The smallest absolute Gasteiger partial charge is 0.410 e. The average Bonchev–Trinajstić information content (AvgIpc) is 3.17. The van der Waals surface area contributed by atoms with Crippen LogP contribution in [0.3, 0.4) is 0 Å². The van der Waals surface area contributed by atoms with Crippen LogP contribution in [0.1, 0.15) is 39.2 Å². The fraction of sp³-hybridized carbons (Fsp3) is 0.619. The molecule has 27 heavy (non-hydrogen) atoms. The molecule has 6 nitrogen and oxygen atoms in total. The number of benzene rings is 1. The van der Waals surface area contributed by atoms with Crippen LogP contribution in [0.2, 0.25) is 0 Å². The third kappa shape index (κ3) is 4.93. The fourth-order valence-electron chi connectivity index (χ4n) is 4.03. The second-order valence-electron chi connectivity index (χ2n) is 8.68. The van der Waals surface area contributed by atoms with E-state index in [1.165, 1.54) is 0 Å². The van der Waals surface area contributed by atoms with E-state index < -0.39 is 5.60 Å². The maximum absolute atomic E-state index is 12.4. The van der Waals surface area contributed by atoms with Gasteiger partial charge in [-0.3, -0.25) is 0 Å². The van der Waals surface area contributed by atoms with Crippen LogP contribution in [-0.4, -0.2) is 53.8 Å². The molecule has 0 spiro atoms. The van der Waals surface area contributed by atoms with Crippen molar-refractivity contribution in [1.82, 2.24) is 9.80 Å². The van der Waals surface area contributed by atoms with Crippen molar-refractivity contribution < 1.29 is 19.1 Å². The van der Waals surface area contributed by atoms with Crippen molar-refractivity contribution in [3.8, 4) is 0 Å². The Morgan fingerprint density at radius 1 is 1.11 bits per heavy atom. The third-order valence-corrected chi connectivity index (χ3v) is 5.42. The molecule has 3 atom stereocenters. The van der Waals surface area contributed by atoms with Crippen molar-refractivity contribution in [2.45, 2.75) is 51.9 Å². The van der Waals surface area contributed by atoms with Crippen LogP contribution in [0.4, 0.5) is 9.59 Å². The van der Waals surface area contributed by atoms with E-state index in [2.05, 4.69) is 0 Å². The summed E-state index contributed by atoms with van der Waals surface area (Å²) >= 11 is 0. The largest absolute Gasteiger partial charge is 0.445 e. The van der Waals surface area contributed by atoms with Gasteiger partial charge in [-0.25, -0.2) is 9.59 Å². The third-order valence-electron chi connectivity index (χ3n) is 5.42. The number of fused-ring (bicyclic) bond motifs is 1. The number of carbonyl (C=O) groups excluding carboxylic acids is 2. The molecule has 0 N–H and O–H groups in total. The average molecular weight is 374 g/mol. The lowest BCUT2D eigenvalue weighted by molar-refractivity contribution is 0.0272. The van der Waals surface area contributed by atoms with E-state index in [1.807, 2.05) is 63.1 Å². The summed E-state index contributed by atoms with van der Waals surface area (Å²) in [5.41, 5.74) is 0.510. The van der Waals surface area contributed by atoms with Gasteiger partial charge in [-0.2, -0.15) is 0 Å². The van der Waals surface area contributed by atoms with Crippen LogP contribution in [0.15, 0.2) is 30.3 Å². The first-order valence-corrected chi connectivity index (χ1v) is 9.64. The molecule has 1 saturated carbocycles. The van der Waals surface area contributed by atoms with Gasteiger partial charge in [0.1, 0.15) is 12.2 Å². The van der Waals surface area contributed by atoms with Crippen LogP contribution in [0.25, 0.3) is 0 Å². The second-order valence-corrected chi connectivity index (χ2v) is 8.68. The number of carbonyl (C=O) groups is 2. The lowest BCUT2D eigenvalue weighted by Crippen LogP contribution is -2.39. The number of likely N-dealkylation sites (tertiary alicyclic amines) is 1. The maximum Gasteiger partial charge on any atom is 0.410 e. The van der Waals surface area contributed by atoms with Crippen molar-refractivity contribution in [1.29, 1.82) is 0 Å². The van der Waals surface area contributed by atoms with E-state index in [0.29, 0.717) is 24.9 Å². The maximum atomic E-state index is 12.4. The highest BCUT2D eigenvalue weighted by molar-refractivity contribution is 5.69. The molecule has 1 saturated heterocycles. The quantitative estimate of drug-likeness (QED) is 0.805. The van der Waals surface area contributed by atoms with Crippen molar-refractivity contribution in [3.05, 3.63) is 35.9 Å². The van der Waals surface area contributed by atoms with E-state index in [4.69, 9.17) is 9.47 Å². The number of hydrogen-bond donors (Lipinski definition) is 0. The standard InChI is InChI=1S/C21H30N2O4/c1-21(2,3)27-20(25)23-12-16-10-18(11-17(16)13-23)22(4)19(24)26-14-15-8-6-5-7-9-15/h5-9,16-18H,10-14H2,1-4H3/t16-,17+,18?. The zero-order valence-electron chi connectivity index (χ0n) is 16.7. The molecule has 1 heterocycles. The molecule has 1 unspecified atom stereocenters. The summed E-state index contributed by atoms with van der Waals surface area (Å²) in [6, 6.07) is 9.86.